The number of nitrogens with zero attached hydrogens (tertiary/aromatic N) is 3. The number of rotatable bonds is 4. The summed E-state index contributed by atoms with van der Waals surface area (Å²) in [6.07, 6.45) is -0.401. The molecule has 4 heterocycles. The van der Waals surface area contributed by atoms with Gasteiger partial charge in [-0.05, 0) is 51.9 Å². The average Bonchev–Trinajstić information content (AvgIpc) is 3.99. The van der Waals surface area contributed by atoms with Gasteiger partial charge in [0.05, 0.1) is 16.7 Å². The maximum atomic E-state index is 6.90. The van der Waals surface area contributed by atoms with Gasteiger partial charge in [-0.15, -0.1) is 0 Å². The number of benzene rings is 9. The molecule has 0 amide bonds. The lowest BCUT2D eigenvalue weighted by Gasteiger charge is -2.24. The topological polar surface area (TPSA) is 68.0 Å². The Hall–Kier alpha value is -7.96. The molecule has 12 aromatic rings. The fourth-order valence-electron chi connectivity index (χ4n) is 9.48. The number of hydrogen-bond donors (Lipinski definition) is 1. The summed E-state index contributed by atoms with van der Waals surface area (Å²) >= 11 is 0. The van der Waals surface area contributed by atoms with Gasteiger partial charge in [0, 0.05) is 55.1 Å². The van der Waals surface area contributed by atoms with Crippen molar-refractivity contribution in [1.82, 2.24) is 9.88 Å². The Balaban J connectivity index is 1.07. The molecule has 6 nitrogen and oxygen atoms in total. The highest BCUT2D eigenvalue weighted by Gasteiger charge is 2.27. The predicted molar refractivity (Wildman–Crippen MR) is 242 cm³/mol. The summed E-state index contributed by atoms with van der Waals surface area (Å²) in [6.45, 7) is 0. The van der Waals surface area contributed by atoms with Gasteiger partial charge in [0.15, 0.2) is 11.4 Å². The first-order valence-electron chi connectivity index (χ1n) is 19.9. The first-order chi connectivity index (χ1) is 29.3. The standard InChI is InChI=1S/C53H32N4O2/c1-3-15-32(16-4-1)51-54-52(33-17-5-2-6-18-33)56-53(55-51)40-23-13-25-43-45(40)39-28-27-34(30-44(39)58-43)57-41-29-26-31-14-7-8-19-35(31)47(41)48-37-21-10-9-20-36(37)46-38-22-11-12-24-42(38)59-50(46)49(48)57/h1-30,53H,(H,54,55,56). The Kier molecular flexibility index (Phi) is 6.69. The van der Waals surface area contributed by atoms with E-state index in [0.717, 1.165) is 83.1 Å². The van der Waals surface area contributed by atoms with Crippen molar-refractivity contribution in [2.45, 2.75) is 6.17 Å². The molecule has 1 unspecified atom stereocenters. The van der Waals surface area contributed by atoms with Crippen LogP contribution in [0, 0.1) is 0 Å². The predicted octanol–water partition coefficient (Wildman–Crippen LogP) is 13.4. The number of para-hydroxylation sites is 1. The number of fused-ring (bicyclic) bond motifs is 15. The third-order valence-electron chi connectivity index (χ3n) is 12.0. The van der Waals surface area contributed by atoms with Gasteiger partial charge in [0.25, 0.3) is 0 Å². The number of aliphatic imine (C=N–C) groups is 2. The van der Waals surface area contributed by atoms with Crippen molar-refractivity contribution in [3.05, 3.63) is 199 Å². The minimum Gasteiger partial charge on any atom is -0.456 e. The third-order valence-corrected chi connectivity index (χ3v) is 12.0. The molecule has 276 valence electrons. The molecule has 0 spiro atoms. The van der Waals surface area contributed by atoms with Crippen molar-refractivity contribution in [3.8, 4) is 5.69 Å². The molecule has 0 aliphatic carbocycles. The van der Waals surface area contributed by atoms with Gasteiger partial charge in [-0.25, -0.2) is 9.98 Å². The van der Waals surface area contributed by atoms with Crippen LogP contribution in [0.2, 0.25) is 0 Å². The van der Waals surface area contributed by atoms with Gasteiger partial charge in [-0.3, -0.25) is 0 Å². The molecule has 0 bridgehead atoms. The summed E-state index contributed by atoms with van der Waals surface area (Å²) in [6, 6.07) is 63.5. The largest absolute Gasteiger partial charge is 0.456 e. The van der Waals surface area contributed by atoms with Crippen LogP contribution in [-0.4, -0.2) is 16.2 Å². The summed E-state index contributed by atoms with van der Waals surface area (Å²) in [5, 5.41) is 15.1. The van der Waals surface area contributed by atoms with Gasteiger partial charge >= 0.3 is 0 Å². The Bertz CT molecular complexity index is 3760. The molecule has 0 saturated heterocycles. The minimum absolute atomic E-state index is 0.401. The Morgan fingerprint density at radius 1 is 0.475 bits per heavy atom. The Morgan fingerprint density at radius 2 is 1.15 bits per heavy atom. The van der Waals surface area contributed by atoms with Crippen molar-refractivity contribution in [3.63, 3.8) is 0 Å². The molecule has 6 heteroatoms. The second-order valence-corrected chi connectivity index (χ2v) is 15.3. The average molecular weight is 757 g/mol. The Morgan fingerprint density at radius 3 is 1.98 bits per heavy atom. The van der Waals surface area contributed by atoms with E-state index in [2.05, 4.69) is 143 Å². The van der Waals surface area contributed by atoms with Crippen LogP contribution in [0.15, 0.2) is 201 Å². The van der Waals surface area contributed by atoms with Crippen LogP contribution in [-0.2, 0) is 0 Å². The van der Waals surface area contributed by atoms with Crippen LogP contribution < -0.4 is 5.32 Å². The first-order valence-corrected chi connectivity index (χ1v) is 19.9. The highest BCUT2D eigenvalue weighted by molar-refractivity contribution is 6.38. The van der Waals surface area contributed by atoms with E-state index in [1.807, 2.05) is 48.5 Å². The molecule has 59 heavy (non-hydrogen) atoms. The number of hydrogen-bond acceptors (Lipinski definition) is 5. The zero-order chi connectivity index (χ0) is 38.6. The quantitative estimate of drug-likeness (QED) is 0.194. The van der Waals surface area contributed by atoms with E-state index >= 15 is 0 Å². The molecule has 1 atom stereocenters. The number of aromatic nitrogens is 1. The van der Waals surface area contributed by atoms with Crippen LogP contribution in [0.25, 0.3) is 92.9 Å². The summed E-state index contributed by atoms with van der Waals surface area (Å²) in [5.74, 6) is 1.46. The van der Waals surface area contributed by atoms with Gasteiger partial charge in [0.1, 0.15) is 28.8 Å². The SMILES string of the molecule is c1ccc(C2=NC(c3cccc4oc5cc(-n6c7ccc8ccccc8c7c7c8ccccc8c8c9ccccc9oc8c76)ccc5c34)NC(c3ccccc3)=N2)cc1. The van der Waals surface area contributed by atoms with Gasteiger partial charge < -0.3 is 18.7 Å². The van der Waals surface area contributed by atoms with Crippen LogP contribution in [0.3, 0.4) is 0 Å². The molecule has 0 saturated carbocycles. The van der Waals surface area contributed by atoms with Gasteiger partial charge in [-0.1, -0.05) is 146 Å². The molecule has 3 aromatic heterocycles. The summed E-state index contributed by atoms with van der Waals surface area (Å²) in [7, 11) is 0. The van der Waals surface area contributed by atoms with Crippen molar-refractivity contribution >= 4 is 98.9 Å². The molecule has 9 aromatic carbocycles. The maximum Gasteiger partial charge on any atom is 0.160 e. The molecular weight excluding hydrogens is 725 g/mol. The molecule has 0 radical (unpaired) electrons. The highest BCUT2D eigenvalue weighted by Crippen LogP contribution is 2.48. The number of nitrogens with one attached hydrogen (secondary N) is 1. The van der Waals surface area contributed by atoms with E-state index in [9.17, 15) is 0 Å². The van der Waals surface area contributed by atoms with Crippen molar-refractivity contribution in [2.24, 2.45) is 9.98 Å². The monoisotopic (exact) mass is 756 g/mol. The van der Waals surface area contributed by atoms with E-state index in [4.69, 9.17) is 18.8 Å². The van der Waals surface area contributed by atoms with E-state index in [1.165, 1.54) is 32.3 Å². The van der Waals surface area contributed by atoms with Crippen molar-refractivity contribution < 1.29 is 8.83 Å². The minimum atomic E-state index is -0.401. The smallest absolute Gasteiger partial charge is 0.160 e. The highest BCUT2D eigenvalue weighted by atomic mass is 16.3. The van der Waals surface area contributed by atoms with Crippen LogP contribution in [0.1, 0.15) is 22.9 Å². The maximum absolute atomic E-state index is 6.90. The molecule has 13 rings (SSSR count). The van der Waals surface area contributed by atoms with E-state index in [1.54, 1.807) is 0 Å². The molecule has 1 aliphatic rings. The molecular formula is C53H32N4O2. The lowest BCUT2D eigenvalue weighted by atomic mass is 9.97. The summed E-state index contributed by atoms with van der Waals surface area (Å²) in [5.41, 5.74) is 9.46. The number of amidine groups is 2. The molecule has 1 aliphatic heterocycles. The number of furan rings is 2. The zero-order valence-corrected chi connectivity index (χ0v) is 31.6. The second-order valence-electron chi connectivity index (χ2n) is 15.3. The van der Waals surface area contributed by atoms with Crippen molar-refractivity contribution in [2.75, 3.05) is 0 Å². The van der Waals surface area contributed by atoms with Crippen LogP contribution >= 0.6 is 0 Å². The molecule has 0 fully saturated rings. The second kappa shape index (κ2) is 12.3. The lowest BCUT2D eigenvalue weighted by molar-refractivity contribution is 0.662. The summed E-state index contributed by atoms with van der Waals surface area (Å²) < 4.78 is 16.1. The fraction of sp³-hybridized carbons (Fsp3) is 0.0189. The molecule has 1 N–H and O–H groups in total. The van der Waals surface area contributed by atoms with Crippen LogP contribution in [0.5, 0.6) is 0 Å². The third kappa shape index (κ3) is 4.68. The van der Waals surface area contributed by atoms with Gasteiger partial charge in [0.2, 0.25) is 0 Å². The lowest BCUT2D eigenvalue weighted by Crippen LogP contribution is -2.33. The normalized spacial score (nSPS) is 14.6. The Labute approximate surface area is 336 Å². The fourth-order valence-corrected chi connectivity index (χ4v) is 9.48. The zero-order valence-electron chi connectivity index (χ0n) is 31.6. The van der Waals surface area contributed by atoms with E-state index in [-0.39, 0.29) is 0 Å². The van der Waals surface area contributed by atoms with E-state index < -0.39 is 6.17 Å². The van der Waals surface area contributed by atoms with Gasteiger partial charge in [-0.2, -0.15) is 0 Å². The van der Waals surface area contributed by atoms with Crippen molar-refractivity contribution in [1.29, 1.82) is 0 Å². The summed E-state index contributed by atoms with van der Waals surface area (Å²) in [4.78, 5) is 10.2. The van der Waals surface area contributed by atoms with E-state index in [0.29, 0.717) is 5.84 Å². The van der Waals surface area contributed by atoms with Crippen LogP contribution in [0.4, 0.5) is 0 Å². The first kappa shape index (κ1) is 32.2.